The molecule has 5 heteroatoms. The zero-order valence-corrected chi connectivity index (χ0v) is 20.1. The average molecular weight is 425 g/mol. The van der Waals surface area contributed by atoms with Crippen molar-refractivity contribution in [2.24, 2.45) is 0 Å². The Hall–Kier alpha value is -2.82. The second-order valence-electron chi connectivity index (χ2n) is 9.42. The first-order valence-corrected chi connectivity index (χ1v) is 10.7. The van der Waals surface area contributed by atoms with E-state index in [1.807, 2.05) is 78.8 Å². The Bertz CT molecular complexity index is 927. The van der Waals surface area contributed by atoms with Crippen molar-refractivity contribution in [2.75, 3.05) is 6.61 Å². The van der Waals surface area contributed by atoms with Gasteiger partial charge in [0.15, 0.2) is 6.61 Å². The van der Waals surface area contributed by atoms with E-state index in [1.165, 1.54) is 0 Å². The molecule has 31 heavy (non-hydrogen) atoms. The van der Waals surface area contributed by atoms with E-state index in [0.717, 1.165) is 27.8 Å². The molecule has 2 amide bonds. The van der Waals surface area contributed by atoms with Crippen molar-refractivity contribution in [1.82, 2.24) is 10.2 Å². The molecule has 0 aromatic heterocycles. The molecule has 1 N–H and O–H groups in total. The molecule has 1 unspecified atom stereocenters. The standard InChI is InChI=1S/C26H36N2O3/c1-17-9-11-22(12-10-17)15-28(21(5)25(30)27-26(6,7)8)24(29)16-31-23-14-18(2)13-19(3)20(23)4/h9-14,21H,15-16H2,1-8H3,(H,27,30). The molecule has 0 fully saturated rings. The van der Waals surface area contributed by atoms with E-state index >= 15 is 0 Å². The molecule has 1 atom stereocenters. The molecule has 168 valence electrons. The van der Waals surface area contributed by atoms with Crippen LogP contribution < -0.4 is 10.1 Å². The van der Waals surface area contributed by atoms with Gasteiger partial charge in [0, 0.05) is 12.1 Å². The number of nitrogens with one attached hydrogen (secondary N) is 1. The van der Waals surface area contributed by atoms with Gasteiger partial charge < -0.3 is 15.0 Å². The summed E-state index contributed by atoms with van der Waals surface area (Å²) in [5, 5.41) is 2.97. The Kier molecular flexibility index (Phi) is 7.88. The number of aryl methyl sites for hydroxylation is 3. The Labute approximate surface area is 186 Å². The van der Waals surface area contributed by atoms with Crippen LogP contribution in [0, 0.1) is 27.7 Å². The highest BCUT2D eigenvalue weighted by atomic mass is 16.5. The van der Waals surface area contributed by atoms with Crippen LogP contribution in [0.25, 0.3) is 0 Å². The molecular formula is C26H36N2O3. The smallest absolute Gasteiger partial charge is 0.261 e. The zero-order valence-electron chi connectivity index (χ0n) is 20.1. The van der Waals surface area contributed by atoms with Gasteiger partial charge in [-0.1, -0.05) is 35.9 Å². The largest absolute Gasteiger partial charge is 0.483 e. The third kappa shape index (κ3) is 7.12. The monoisotopic (exact) mass is 424 g/mol. The van der Waals surface area contributed by atoms with E-state index in [4.69, 9.17) is 4.74 Å². The van der Waals surface area contributed by atoms with Gasteiger partial charge in [-0.05, 0) is 83.7 Å². The van der Waals surface area contributed by atoms with Crippen LogP contribution in [0.1, 0.15) is 55.5 Å². The number of hydrogen-bond donors (Lipinski definition) is 1. The molecule has 0 heterocycles. The van der Waals surface area contributed by atoms with E-state index in [2.05, 4.69) is 11.4 Å². The third-order valence-corrected chi connectivity index (χ3v) is 5.25. The van der Waals surface area contributed by atoms with Gasteiger partial charge in [0.05, 0.1) is 0 Å². The van der Waals surface area contributed by atoms with E-state index in [1.54, 1.807) is 11.8 Å². The van der Waals surface area contributed by atoms with E-state index in [0.29, 0.717) is 12.3 Å². The first kappa shape index (κ1) is 24.4. The lowest BCUT2D eigenvalue weighted by molar-refractivity contribution is -0.142. The molecule has 0 bridgehead atoms. The summed E-state index contributed by atoms with van der Waals surface area (Å²) in [6.45, 7) is 15.8. The maximum absolute atomic E-state index is 13.2. The van der Waals surface area contributed by atoms with Crippen LogP contribution in [0.15, 0.2) is 36.4 Å². The van der Waals surface area contributed by atoms with Crippen LogP contribution in [0.3, 0.4) is 0 Å². The van der Waals surface area contributed by atoms with Gasteiger partial charge in [0.2, 0.25) is 5.91 Å². The lowest BCUT2D eigenvalue weighted by atomic mass is 10.1. The maximum Gasteiger partial charge on any atom is 0.261 e. The second kappa shape index (κ2) is 9.99. The van der Waals surface area contributed by atoms with Gasteiger partial charge in [-0.25, -0.2) is 0 Å². The highest BCUT2D eigenvalue weighted by Gasteiger charge is 2.28. The topological polar surface area (TPSA) is 58.6 Å². The summed E-state index contributed by atoms with van der Waals surface area (Å²) in [6.07, 6.45) is 0. The molecule has 2 rings (SSSR count). The van der Waals surface area contributed by atoms with Crippen molar-refractivity contribution in [3.63, 3.8) is 0 Å². The van der Waals surface area contributed by atoms with Crippen LogP contribution in [0.5, 0.6) is 5.75 Å². The molecule has 0 saturated heterocycles. The summed E-state index contributed by atoms with van der Waals surface area (Å²) < 4.78 is 5.91. The summed E-state index contributed by atoms with van der Waals surface area (Å²) in [5.74, 6) is 0.291. The number of hydrogen-bond acceptors (Lipinski definition) is 3. The quantitative estimate of drug-likeness (QED) is 0.705. The normalized spacial score (nSPS) is 12.3. The highest BCUT2D eigenvalue weighted by molar-refractivity contribution is 5.88. The Morgan fingerprint density at radius 1 is 1.00 bits per heavy atom. The number of nitrogens with zero attached hydrogens (tertiary/aromatic N) is 1. The van der Waals surface area contributed by atoms with Crippen molar-refractivity contribution in [3.05, 3.63) is 64.2 Å². The molecule has 2 aromatic rings. The highest BCUT2D eigenvalue weighted by Crippen LogP contribution is 2.23. The number of rotatable bonds is 7. The number of carbonyl (C=O) groups is 2. The van der Waals surface area contributed by atoms with Gasteiger partial charge in [-0.2, -0.15) is 0 Å². The van der Waals surface area contributed by atoms with Crippen molar-refractivity contribution in [3.8, 4) is 5.75 Å². The SMILES string of the molecule is Cc1ccc(CN(C(=O)COc2cc(C)cc(C)c2C)C(C)C(=O)NC(C)(C)C)cc1. The van der Waals surface area contributed by atoms with E-state index in [-0.39, 0.29) is 24.0 Å². The number of amides is 2. The lowest BCUT2D eigenvalue weighted by Crippen LogP contribution is -2.53. The minimum absolute atomic E-state index is 0.122. The van der Waals surface area contributed by atoms with Crippen LogP contribution in [0.4, 0.5) is 0 Å². The van der Waals surface area contributed by atoms with Gasteiger partial charge in [-0.15, -0.1) is 0 Å². The summed E-state index contributed by atoms with van der Waals surface area (Å²) in [6, 6.07) is 11.4. The summed E-state index contributed by atoms with van der Waals surface area (Å²) in [5.41, 5.74) is 4.96. The zero-order chi connectivity index (χ0) is 23.3. The molecule has 0 radical (unpaired) electrons. The Balaban J connectivity index is 2.22. The molecule has 0 aliphatic rings. The third-order valence-electron chi connectivity index (χ3n) is 5.25. The van der Waals surface area contributed by atoms with Gasteiger partial charge in [-0.3, -0.25) is 9.59 Å². The molecule has 0 saturated carbocycles. The molecule has 0 spiro atoms. The second-order valence-corrected chi connectivity index (χ2v) is 9.42. The van der Waals surface area contributed by atoms with Crippen LogP contribution >= 0.6 is 0 Å². The summed E-state index contributed by atoms with van der Waals surface area (Å²) in [7, 11) is 0. The average Bonchev–Trinajstić information content (AvgIpc) is 2.67. The fraction of sp³-hybridized carbons (Fsp3) is 0.462. The Morgan fingerprint density at radius 3 is 2.19 bits per heavy atom. The first-order valence-electron chi connectivity index (χ1n) is 10.7. The van der Waals surface area contributed by atoms with Crippen molar-refractivity contribution in [1.29, 1.82) is 0 Å². The van der Waals surface area contributed by atoms with Crippen molar-refractivity contribution >= 4 is 11.8 Å². The minimum Gasteiger partial charge on any atom is -0.483 e. The van der Waals surface area contributed by atoms with Crippen molar-refractivity contribution < 1.29 is 14.3 Å². The van der Waals surface area contributed by atoms with E-state index in [9.17, 15) is 9.59 Å². The van der Waals surface area contributed by atoms with Gasteiger partial charge >= 0.3 is 0 Å². The van der Waals surface area contributed by atoms with Gasteiger partial charge in [0.25, 0.3) is 5.91 Å². The lowest BCUT2D eigenvalue weighted by Gasteiger charge is -2.31. The van der Waals surface area contributed by atoms with Gasteiger partial charge in [0.1, 0.15) is 11.8 Å². The maximum atomic E-state index is 13.2. The predicted octanol–water partition coefficient (Wildman–Crippen LogP) is 4.63. The minimum atomic E-state index is -0.628. The molecule has 2 aromatic carbocycles. The summed E-state index contributed by atoms with van der Waals surface area (Å²) >= 11 is 0. The molecular weight excluding hydrogens is 388 g/mol. The number of ether oxygens (including phenoxy) is 1. The van der Waals surface area contributed by atoms with Crippen LogP contribution in [-0.2, 0) is 16.1 Å². The number of benzene rings is 2. The fourth-order valence-corrected chi connectivity index (χ4v) is 3.32. The Morgan fingerprint density at radius 2 is 1.61 bits per heavy atom. The summed E-state index contributed by atoms with van der Waals surface area (Å²) in [4.78, 5) is 27.6. The van der Waals surface area contributed by atoms with E-state index < -0.39 is 6.04 Å². The molecule has 5 nitrogen and oxygen atoms in total. The van der Waals surface area contributed by atoms with Crippen molar-refractivity contribution in [2.45, 2.75) is 73.5 Å². The molecule has 0 aliphatic heterocycles. The van der Waals surface area contributed by atoms with Crippen LogP contribution in [0.2, 0.25) is 0 Å². The predicted molar refractivity (Wildman–Crippen MR) is 125 cm³/mol. The van der Waals surface area contributed by atoms with Crippen LogP contribution in [-0.4, -0.2) is 34.9 Å². The fourth-order valence-electron chi connectivity index (χ4n) is 3.32. The first-order chi connectivity index (χ1) is 14.4. The molecule has 0 aliphatic carbocycles. The number of carbonyl (C=O) groups excluding carboxylic acids is 2.